The van der Waals surface area contributed by atoms with Gasteiger partial charge in [-0.15, -0.1) is 0 Å². The first-order chi connectivity index (χ1) is 9.28. The van der Waals surface area contributed by atoms with Crippen molar-refractivity contribution in [3.63, 3.8) is 0 Å². The second-order valence-electron chi connectivity index (χ2n) is 3.51. The van der Waals surface area contributed by atoms with Crippen molar-refractivity contribution >= 4 is 27.9 Å². The molecule has 1 aromatic rings. The van der Waals surface area contributed by atoms with Gasteiger partial charge in [0.25, 0.3) is 0 Å². The molecule has 0 aromatic heterocycles. The van der Waals surface area contributed by atoms with Gasteiger partial charge in [0.1, 0.15) is 5.75 Å². The molecule has 0 spiro atoms. The monoisotopic (exact) mass is 348 g/mol. The summed E-state index contributed by atoms with van der Waals surface area (Å²) in [5.74, 6) is 0.435. The fraction of sp³-hybridized carbons (Fsp3) is 0.429. The summed E-state index contributed by atoms with van der Waals surface area (Å²) >= 11 is 3.36. The van der Waals surface area contributed by atoms with Gasteiger partial charge in [0, 0.05) is 18.3 Å². The molecule has 0 aliphatic carbocycles. The van der Waals surface area contributed by atoms with Gasteiger partial charge in [-0.05, 0) is 24.6 Å². The smallest absolute Gasteiger partial charge is 0.302 e. The topological polar surface area (TPSA) is 61.8 Å². The van der Waals surface area contributed by atoms with E-state index in [1.807, 2.05) is 25.1 Å². The maximum absolute atomic E-state index is 9.59. The Morgan fingerprint density at radius 3 is 1.65 bits per heavy atom. The summed E-state index contributed by atoms with van der Waals surface area (Å²) in [6.45, 7) is 4.74. The van der Waals surface area contributed by atoms with E-state index in [2.05, 4.69) is 25.4 Å². The summed E-state index contributed by atoms with van der Waals surface area (Å²) in [6.07, 6.45) is 0. The first-order valence-electron chi connectivity index (χ1n) is 5.67. The predicted octanol–water partition coefficient (Wildman–Crippen LogP) is 3.12. The maximum atomic E-state index is 9.59. The maximum Gasteiger partial charge on any atom is 0.302 e. The van der Waals surface area contributed by atoms with Crippen molar-refractivity contribution in [1.82, 2.24) is 0 Å². The van der Waals surface area contributed by atoms with Crippen LogP contribution in [0, 0.1) is 6.92 Å². The number of ether oxygens (including phenoxy) is 3. The molecule has 0 fully saturated rings. The zero-order chi connectivity index (χ0) is 16.1. The van der Waals surface area contributed by atoms with Gasteiger partial charge in [-0.2, -0.15) is 0 Å². The molecule has 0 atom stereocenters. The van der Waals surface area contributed by atoms with Gasteiger partial charge >= 0.3 is 11.9 Å². The Labute approximate surface area is 128 Å². The number of aryl methyl sites for hydroxylation is 1. The summed E-state index contributed by atoms with van der Waals surface area (Å²) in [7, 11) is 4.37. The van der Waals surface area contributed by atoms with Crippen LogP contribution in [0.5, 0.6) is 5.75 Å². The molecule has 0 saturated heterocycles. The molecular formula is C14H21BrO5. The van der Waals surface area contributed by atoms with E-state index in [-0.39, 0.29) is 11.9 Å². The van der Waals surface area contributed by atoms with Crippen LogP contribution in [0.2, 0.25) is 0 Å². The lowest BCUT2D eigenvalue weighted by molar-refractivity contribution is -0.138. The molecule has 114 valence electrons. The lowest BCUT2D eigenvalue weighted by Crippen LogP contribution is -1.88. The van der Waals surface area contributed by atoms with E-state index in [0.29, 0.717) is 0 Å². The Balaban J connectivity index is 0. The van der Waals surface area contributed by atoms with Gasteiger partial charge in [-0.25, -0.2) is 0 Å². The fourth-order valence-corrected chi connectivity index (χ4v) is 1.13. The largest absolute Gasteiger partial charge is 0.496 e. The lowest BCUT2D eigenvalue weighted by Gasteiger charge is -2.02. The normalized spacial score (nSPS) is 8.15. The Hall–Kier alpha value is -1.56. The minimum atomic E-state index is -0.245. The number of carbonyl (C=O) groups excluding carboxylic acids is 2. The van der Waals surface area contributed by atoms with Crippen molar-refractivity contribution in [2.24, 2.45) is 0 Å². The highest BCUT2D eigenvalue weighted by Crippen LogP contribution is 2.21. The van der Waals surface area contributed by atoms with Crippen LogP contribution in [0.25, 0.3) is 0 Å². The summed E-state index contributed by atoms with van der Waals surface area (Å²) in [5, 5.41) is 0. The molecule has 0 saturated carbocycles. The molecule has 5 nitrogen and oxygen atoms in total. The standard InChI is InChI=1S/C8H9BrO.2C3H6O2/c1-6-3-4-7(9)5-8(6)10-2;2*1-3(4)5-2/h3-5H,1-2H3;2*1-2H3. The number of methoxy groups -OCH3 is 3. The predicted molar refractivity (Wildman–Crippen MR) is 80.8 cm³/mol. The second kappa shape index (κ2) is 12.5. The molecular weight excluding hydrogens is 328 g/mol. The number of rotatable bonds is 1. The van der Waals surface area contributed by atoms with E-state index < -0.39 is 0 Å². The van der Waals surface area contributed by atoms with Crippen molar-refractivity contribution in [1.29, 1.82) is 0 Å². The van der Waals surface area contributed by atoms with Crippen LogP contribution in [0.3, 0.4) is 0 Å². The first kappa shape index (κ1) is 20.8. The van der Waals surface area contributed by atoms with E-state index >= 15 is 0 Å². The molecule has 0 amide bonds. The van der Waals surface area contributed by atoms with Gasteiger partial charge in [0.2, 0.25) is 0 Å². The molecule has 0 radical (unpaired) electrons. The first-order valence-corrected chi connectivity index (χ1v) is 6.47. The average molecular weight is 349 g/mol. The van der Waals surface area contributed by atoms with Crippen LogP contribution in [-0.2, 0) is 19.1 Å². The third-order valence-electron chi connectivity index (χ3n) is 1.95. The van der Waals surface area contributed by atoms with Gasteiger partial charge in [0.05, 0.1) is 21.3 Å². The van der Waals surface area contributed by atoms with E-state index in [9.17, 15) is 9.59 Å². The van der Waals surface area contributed by atoms with Crippen molar-refractivity contribution in [2.75, 3.05) is 21.3 Å². The van der Waals surface area contributed by atoms with Crippen LogP contribution in [0.1, 0.15) is 19.4 Å². The Bertz CT molecular complexity index is 404. The molecule has 1 rings (SSSR count). The quantitative estimate of drug-likeness (QED) is 0.729. The molecule has 0 bridgehead atoms. The molecule has 0 aliphatic heterocycles. The van der Waals surface area contributed by atoms with Crippen LogP contribution >= 0.6 is 15.9 Å². The summed E-state index contributed by atoms with van der Waals surface area (Å²) in [6, 6.07) is 5.97. The second-order valence-corrected chi connectivity index (χ2v) is 4.42. The van der Waals surface area contributed by atoms with Gasteiger partial charge in [-0.1, -0.05) is 22.0 Å². The highest BCUT2D eigenvalue weighted by Gasteiger charge is 1.96. The van der Waals surface area contributed by atoms with Crippen LogP contribution in [0.15, 0.2) is 22.7 Å². The Morgan fingerprint density at radius 2 is 1.40 bits per heavy atom. The van der Waals surface area contributed by atoms with Gasteiger partial charge < -0.3 is 14.2 Å². The minimum Gasteiger partial charge on any atom is -0.496 e. The average Bonchev–Trinajstić information content (AvgIpc) is 2.42. The number of hydrogen-bond donors (Lipinski definition) is 0. The van der Waals surface area contributed by atoms with Crippen molar-refractivity contribution in [2.45, 2.75) is 20.8 Å². The van der Waals surface area contributed by atoms with Crippen LogP contribution < -0.4 is 4.74 Å². The molecule has 20 heavy (non-hydrogen) atoms. The molecule has 0 aliphatic rings. The highest BCUT2D eigenvalue weighted by molar-refractivity contribution is 9.10. The molecule has 1 aromatic carbocycles. The number of benzene rings is 1. The Morgan fingerprint density at radius 1 is 1.00 bits per heavy atom. The Kier molecular flexibility index (Phi) is 12.9. The summed E-state index contributed by atoms with van der Waals surface area (Å²) in [5.41, 5.74) is 1.16. The lowest BCUT2D eigenvalue weighted by atomic mass is 10.2. The van der Waals surface area contributed by atoms with E-state index in [1.54, 1.807) is 7.11 Å². The minimum absolute atomic E-state index is 0.245. The number of hydrogen-bond acceptors (Lipinski definition) is 5. The zero-order valence-corrected chi connectivity index (χ0v) is 14.2. The highest BCUT2D eigenvalue weighted by atomic mass is 79.9. The van der Waals surface area contributed by atoms with Crippen molar-refractivity contribution in [3.8, 4) is 5.75 Å². The van der Waals surface area contributed by atoms with E-state index in [0.717, 1.165) is 15.8 Å². The van der Waals surface area contributed by atoms with Gasteiger partial charge in [-0.3, -0.25) is 9.59 Å². The zero-order valence-electron chi connectivity index (χ0n) is 12.7. The molecule has 6 heteroatoms. The van der Waals surface area contributed by atoms with Crippen molar-refractivity contribution in [3.05, 3.63) is 28.2 Å². The molecule has 0 N–H and O–H groups in total. The van der Waals surface area contributed by atoms with E-state index in [4.69, 9.17) is 4.74 Å². The number of carbonyl (C=O) groups is 2. The van der Waals surface area contributed by atoms with E-state index in [1.165, 1.54) is 28.1 Å². The molecule has 0 heterocycles. The fourth-order valence-electron chi connectivity index (χ4n) is 0.794. The third kappa shape index (κ3) is 12.9. The van der Waals surface area contributed by atoms with Gasteiger partial charge in [0.15, 0.2) is 0 Å². The summed E-state index contributed by atoms with van der Waals surface area (Å²) < 4.78 is 14.4. The van der Waals surface area contributed by atoms with Crippen LogP contribution in [-0.4, -0.2) is 33.3 Å². The van der Waals surface area contributed by atoms with Crippen LogP contribution in [0.4, 0.5) is 0 Å². The SMILES string of the molecule is COC(C)=O.COC(C)=O.COc1cc(Br)ccc1C. The number of esters is 2. The number of halogens is 1. The molecule has 0 unspecified atom stereocenters. The third-order valence-corrected chi connectivity index (χ3v) is 2.44. The summed E-state index contributed by atoms with van der Waals surface area (Å²) in [4.78, 5) is 19.2. The van der Waals surface area contributed by atoms with Crippen molar-refractivity contribution < 1.29 is 23.8 Å².